The van der Waals surface area contributed by atoms with Crippen LogP contribution in [0.4, 0.5) is 0 Å². The van der Waals surface area contributed by atoms with Gasteiger partial charge in [-0.1, -0.05) is 95.3 Å². The zero-order chi connectivity index (χ0) is 18.4. The topological polar surface area (TPSA) is 20.2 Å². The largest absolute Gasteiger partial charge is 0.377 e. The van der Waals surface area contributed by atoms with E-state index in [0.29, 0.717) is 0 Å². The van der Waals surface area contributed by atoms with Crippen molar-refractivity contribution in [3.8, 4) is 12.3 Å². The summed E-state index contributed by atoms with van der Waals surface area (Å²) in [6, 6.07) is 0. The molecule has 0 saturated heterocycles. The zero-order valence-electron chi connectivity index (χ0n) is 16.7. The van der Waals surface area contributed by atoms with Crippen LogP contribution < -0.4 is 0 Å². The Morgan fingerprint density at radius 2 is 1.08 bits per heavy atom. The molecule has 0 spiro atoms. The summed E-state index contributed by atoms with van der Waals surface area (Å²) in [6.45, 7) is 2.28. The highest BCUT2D eigenvalue weighted by atomic mass is 16.3. The predicted molar refractivity (Wildman–Crippen MR) is 113 cm³/mol. The molecule has 0 aromatic rings. The Morgan fingerprint density at radius 3 is 1.52 bits per heavy atom. The summed E-state index contributed by atoms with van der Waals surface area (Å²) in [5.74, 6) is 2.29. The highest BCUT2D eigenvalue weighted by molar-refractivity contribution is 5.05. The third-order valence-corrected chi connectivity index (χ3v) is 4.62. The van der Waals surface area contributed by atoms with Crippen molar-refractivity contribution in [2.24, 2.45) is 0 Å². The Hall–Kier alpha value is -1.00. The lowest BCUT2D eigenvalue weighted by molar-refractivity contribution is 0.280. The van der Waals surface area contributed by atoms with Crippen LogP contribution in [0, 0.1) is 12.3 Å². The minimum absolute atomic E-state index is 0.708. The van der Waals surface area contributed by atoms with E-state index in [1.54, 1.807) is 6.08 Å². The molecular weight excluding hydrogens is 304 g/mol. The first-order valence-corrected chi connectivity index (χ1v) is 10.8. The van der Waals surface area contributed by atoms with E-state index in [0.717, 1.165) is 6.42 Å². The molecule has 0 rings (SSSR count). The molecule has 144 valence electrons. The van der Waals surface area contributed by atoms with E-state index in [2.05, 4.69) is 25.0 Å². The van der Waals surface area contributed by atoms with E-state index in [-0.39, 0.29) is 0 Å². The van der Waals surface area contributed by atoms with Crippen LogP contribution in [0.15, 0.2) is 24.3 Å². The number of rotatable bonds is 18. The first kappa shape index (κ1) is 24.0. The fraction of sp³-hybridized carbons (Fsp3) is 0.750. The van der Waals surface area contributed by atoms with Gasteiger partial charge in [-0.2, -0.15) is 0 Å². The lowest BCUT2D eigenvalue weighted by Gasteiger charge is -2.00. The molecule has 0 aromatic carbocycles. The average Bonchev–Trinajstić information content (AvgIpc) is 2.63. The summed E-state index contributed by atoms with van der Waals surface area (Å²) in [7, 11) is 0. The van der Waals surface area contributed by atoms with Crippen molar-refractivity contribution in [3.63, 3.8) is 0 Å². The van der Waals surface area contributed by atoms with Gasteiger partial charge in [0.05, 0.1) is 0 Å². The smallest absolute Gasteiger partial charge is 0.133 e. The van der Waals surface area contributed by atoms with Gasteiger partial charge in [0, 0.05) is 0 Å². The number of terminal acetylenes is 1. The molecule has 0 saturated carbocycles. The Kier molecular flexibility index (Phi) is 20.2. The van der Waals surface area contributed by atoms with E-state index < -0.39 is 6.10 Å². The van der Waals surface area contributed by atoms with E-state index >= 15 is 0 Å². The second kappa shape index (κ2) is 21.0. The van der Waals surface area contributed by atoms with E-state index in [4.69, 9.17) is 6.42 Å². The molecule has 0 aliphatic heterocycles. The SMILES string of the molecule is C#CC(O)/C=C/CCCCCCCCC/C=C\CCCCCCCC. The molecule has 1 atom stereocenters. The number of hydrogen-bond acceptors (Lipinski definition) is 1. The molecule has 0 radical (unpaired) electrons. The van der Waals surface area contributed by atoms with Crippen LogP contribution in [0.2, 0.25) is 0 Å². The Balaban J connectivity index is 3.15. The molecule has 0 fully saturated rings. The van der Waals surface area contributed by atoms with Gasteiger partial charge in [0.1, 0.15) is 6.10 Å². The van der Waals surface area contributed by atoms with Crippen LogP contribution in [0.5, 0.6) is 0 Å². The maximum absolute atomic E-state index is 9.17. The van der Waals surface area contributed by atoms with Gasteiger partial charge >= 0.3 is 0 Å². The normalized spacial score (nSPS) is 12.8. The third kappa shape index (κ3) is 21.0. The van der Waals surface area contributed by atoms with E-state index in [9.17, 15) is 5.11 Å². The van der Waals surface area contributed by atoms with E-state index in [1.165, 1.54) is 96.3 Å². The lowest BCUT2D eigenvalue weighted by atomic mass is 10.1. The number of hydrogen-bond donors (Lipinski definition) is 1. The van der Waals surface area contributed by atoms with Crippen molar-refractivity contribution in [2.75, 3.05) is 0 Å². The molecule has 0 aromatic heterocycles. The van der Waals surface area contributed by atoms with Gasteiger partial charge in [0.2, 0.25) is 0 Å². The van der Waals surface area contributed by atoms with Crippen molar-refractivity contribution in [3.05, 3.63) is 24.3 Å². The van der Waals surface area contributed by atoms with Gasteiger partial charge in [0.25, 0.3) is 0 Å². The van der Waals surface area contributed by atoms with Gasteiger partial charge in [-0.15, -0.1) is 6.42 Å². The Labute approximate surface area is 158 Å². The van der Waals surface area contributed by atoms with Crippen LogP contribution >= 0.6 is 0 Å². The zero-order valence-corrected chi connectivity index (χ0v) is 16.7. The monoisotopic (exact) mass is 346 g/mol. The second-order valence-corrected chi connectivity index (χ2v) is 7.12. The summed E-state index contributed by atoms with van der Waals surface area (Å²) < 4.78 is 0. The van der Waals surface area contributed by atoms with E-state index in [1.807, 2.05) is 6.08 Å². The van der Waals surface area contributed by atoms with Crippen molar-refractivity contribution in [1.29, 1.82) is 0 Å². The molecule has 25 heavy (non-hydrogen) atoms. The summed E-state index contributed by atoms with van der Waals surface area (Å²) in [4.78, 5) is 0. The van der Waals surface area contributed by atoms with Crippen molar-refractivity contribution >= 4 is 0 Å². The first-order valence-electron chi connectivity index (χ1n) is 10.8. The molecule has 1 unspecified atom stereocenters. The second-order valence-electron chi connectivity index (χ2n) is 7.12. The van der Waals surface area contributed by atoms with Crippen LogP contribution in [-0.4, -0.2) is 11.2 Å². The fourth-order valence-electron chi connectivity index (χ4n) is 2.97. The minimum Gasteiger partial charge on any atom is -0.377 e. The maximum Gasteiger partial charge on any atom is 0.133 e. The number of allylic oxidation sites excluding steroid dienone is 3. The fourth-order valence-corrected chi connectivity index (χ4v) is 2.97. The summed E-state index contributed by atoms with van der Waals surface area (Å²) in [5, 5.41) is 9.17. The average molecular weight is 347 g/mol. The predicted octanol–water partition coefficient (Wildman–Crippen LogP) is 7.35. The van der Waals surface area contributed by atoms with Crippen LogP contribution in [0.3, 0.4) is 0 Å². The van der Waals surface area contributed by atoms with Crippen LogP contribution in [-0.2, 0) is 0 Å². The van der Waals surface area contributed by atoms with Gasteiger partial charge in [-0.25, -0.2) is 0 Å². The number of aliphatic hydroxyl groups excluding tert-OH is 1. The molecule has 0 bridgehead atoms. The molecular formula is C24H42O. The quantitative estimate of drug-likeness (QED) is 0.156. The number of unbranched alkanes of at least 4 members (excludes halogenated alkanes) is 14. The minimum atomic E-state index is -0.708. The first-order chi connectivity index (χ1) is 12.3. The summed E-state index contributed by atoms with van der Waals surface area (Å²) in [5.41, 5.74) is 0. The molecule has 0 amide bonds. The van der Waals surface area contributed by atoms with Crippen LogP contribution in [0.1, 0.15) is 110 Å². The van der Waals surface area contributed by atoms with Gasteiger partial charge in [-0.3, -0.25) is 0 Å². The van der Waals surface area contributed by atoms with Crippen molar-refractivity contribution < 1.29 is 5.11 Å². The molecule has 1 heteroatoms. The molecule has 0 aliphatic rings. The highest BCUT2D eigenvalue weighted by Gasteiger charge is 1.92. The summed E-state index contributed by atoms with van der Waals surface area (Å²) in [6.07, 6.45) is 34.1. The molecule has 1 N–H and O–H groups in total. The third-order valence-electron chi connectivity index (χ3n) is 4.62. The lowest BCUT2D eigenvalue weighted by Crippen LogP contribution is -1.95. The molecule has 0 heterocycles. The van der Waals surface area contributed by atoms with Gasteiger partial charge in [0.15, 0.2) is 0 Å². The molecule has 1 nitrogen and oxygen atoms in total. The van der Waals surface area contributed by atoms with Gasteiger partial charge in [-0.05, 0) is 44.6 Å². The van der Waals surface area contributed by atoms with Gasteiger partial charge < -0.3 is 5.11 Å². The van der Waals surface area contributed by atoms with Crippen LogP contribution in [0.25, 0.3) is 0 Å². The maximum atomic E-state index is 9.17. The highest BCUT2D eigenvalue weighted by Crippen LogP contribution is 2.11. The van der Waals surface area contributed by atoms with Crippen molar-refractivity contribution in [1.82, 2.24) is 0 Å². The Bertz CT molecular complexity index is 348. The standard InChI is InChI=1S/C24H42O/c1-3-5-6-7-8-9-10-11-12-13-14-15-16-17-18-19-20-21-22-23-24(25)4-2/h2,11-12,22-25H,3,5-10,13-21H2,1H3/b12-11-,23-22+. The van der Waals surface area contributed by atoms with Crippen molar-refractivity contribution in [2.45, 2.75) is 116 Å². The molecule has 0 aliphatic carbocycles. The summed E-state index contributed by atoms with van der Waals surface area (Å²) >= 11 is 0. The number of aliphatic hydroxyl groups is 1. The Morgan fingerprint density at radius 1 is 0.680 bits per heavy atom.